The van der Waals surface area contributed by atoms with Gasteiger partial charge in [0.1, 0.15) is 5.75 Å². The molecule has 4 rings (SSSR count). The Bertz CT molecular complexity index is 1280. The maximum absolute atomic E-state index is 13.4. The van der Waals surface area contributed by atoms with Crippen LogP contribution < -0.4 is 15.4 Å². The van der Waals surface area contributed by atoms with Crippen LogP contribution in [0.25, 0.3) is 0 Å². The van der Waals surface area contributed by atoms with Gasteiger partial charge in [0.25, 0.3) is 0 Å². The minimum Gasteiger partial charge on any atom is -0.435 e. The van der Waals surface area contributed by atoms with Crippen LogP contribution in [0.5, 0.6) is 5.75 Å². The molecule has 1 saturated heterocycles. The van der Waals surface area contributed by atoms with Crippen molar-refractivity contribution >= 4 is 46.5 Å². The van der Waals surface area contributed by atoms with E-state index in [0.29, 0.717) is 27.9 Å². The molecule has 0 spiro atoms. The molecule has 2 N–H and O–H groups in total. The minimum atomic E-state index is -2.99. The molecule has 1 fully saturated rings. The summed E-state index contributed by atoms with van der Waals surface area (Å²) < 4.78 is 29.8. The first-order valence-corrected chi connectivity index (χ1v) is 12.7. The van der Waals surface area contributed by atoms with E-state index in [1.54, 1.807) is 29.2 Å². The third-order valence-corrected chi connectivity index (χ3v) is 6.89. The molecule has 200 valence electrons. The van der Waals surface area contributed by atoms with Crippen molar-refractivity contribution < 1.29 is 18.3 Å². The number of carbonyl (C=O) groups is 1. The predicted octanol–water partition coefficient (Wildman–Crippen LogP) is 4.34. The maximum Gasteiger partial charge on any atom is 0.387 e. The molecular formula is C25H25Cl2F2N7O2. The van der Waals surface area contributed by atoms with Crippen molar-refractivity contribution in [2.24, 2.45) is 10.1 Å². The lowest BCUT2D eigenvalue weighted by atomic mass is 10.0. The van der Waals surface area contributed by atoms with Gasteiger partial charge < -0.3 is 15.0 Å². The number of nitrogens with zero attached hydrogens (tertiary/aromatic N) is 5. The lowest BCUT2D eigenvalue weighted by molar-refractivity contribution is -0.133. The van der Waals surface area contributed by atoms with E-state index >= 15 is 0 Å². The minimum absolute atomic E-state index is 0.0456. The number of carbonyl (C=O) groups excluding carboxylic acids is 1. The molecular weight excluding hydrogens is 539 g/mol. The smallest absolute Gasteiger partial charge is 0.387 e. The average molecular weight is 564 g/mol. The van der Waals surface area contributed by atoms with E-state index in [2.05, 4.69) is 20.4 Å². The molecule has 0 aromatic heterocycles. The van der Waals surface area contributed by atoms with E-state index in [1.165, 1.54) is 23.2 Å². The Morgan fingerprint density at radius 2 is 2.16 bits per heavy atom. The van der Waals surface area contributed by atoms with E-state index in [9.17, 15) is 18.8 Å². The highest BCUT2D eigenvalue weighted by Gasteiger charge is 2.39. The third-order valence-electron chi connectivity index (χ3n) is 6.15. The zero-order valence-electron chi connectivity index (χ0n) is 20.4. The first-order chi connectivity index (χ1) is 18.3. The average Bonchev–Trinajstić information content (AvgIpc) is 3.57. The standard InChI is InChI=1S/C25H25Cl2F2N7O2/c1-2-35(23(37)20-7-4-10-31-20)21-13-36(34-22(21)15-8-9-18(26)19(27)11-15)25(32-14-30)33-16-5-3-6-17(12-16)38-24(28)29/h3,5-6,8-9,11-12,20-21,24,31H,2,4,7,10,13H2,1H3,(H,32,33)/t20-,21?/m1/s1. The highest BCUT2D eigenvalue weighted by molar-refractivity contribution is 6.42. The van der Waals surface area contributed by atoms with Crippen LogP contribution in [-0.4, -0.2) is 65.8 Å². The number of rotatable bonds is 7. The Morgan fingerprint density at radius 1 is 1.34 bits per heavy atom. The zero-order chi connectivity index (χ0) is 27.2. The number of hydrogen-bond donors (Lipinski definition) is 2. The molecule has 0 radical (unpaired) electrons. The molecule has 9 nitrogen and oxygen atoms in total. The van der Waals surface area contributed by atoms with E-state index in [1.807, 2.05) is 13.1 Å². The lowest BCUT2D eigenvalue weighted by Crippen LogP contribution is -2.53. The normalized spacial score (nSPS) is 19.3. The van der Waals surface area contributed by atoms with Crippen molar-refractivity contribution in [3.8, 4) is 11.9 Å². The second-order valence-electron chi connectivity index (χ2n) is 8.53. The molecule has 0 saturated carbocycles. The molecule has 2 aromatic carbocycles. The Kier molecular flexibility index (Phi) is 8.99. The quantitative estimate of drug-likeness (QED) is 0.225. The third kappa shape index (κ3) is 6.32. The van der Waals surface area contributed by atoms with Crippen molar-refractivity contribution in [3.63, 3.8) is 0 Å². The molecule has 0 aliphatic carbocycles. The van der Waals surface area contributed by atoms with Crippen molar-refractivity contribution in [2.75, 3.05) is 19.6 Å². The zero-order valence-corrected chi connectivity index (χ0v) is 21.9. The molecule has 2 atom stereocenters. The number of halogens is 4. The second kappa shape index (κ2) is 12.4. The molecule has 0 bridgehead atoms. The summed E-state index contributed by atoms with van der Waals surface area (Å²) >= 11 is 12.4. The molecule has 1 unspecified atom stereocenters. The Balaban J connectivity index is 1.72. The Morgan fingerprint density at radius 3 is 2.82 bits per heavy atom. The maximum atomic E-state index is 13.4. The van der Waals surface area contributed by atoms with Crippen LogP contribution in [0.3, 0.4) is 0 Å². The highest BCUT2D eigenvalue weighted by atomic mass is 35.5. The number of hydrazone groups is 1. The Labute approximate surface area is 228 Å². The number of benzene rings is 2. The summed E-state index contributed by atoms with van der Waals surface area (Å²) in [6.07, 6.45) is 3.49. The number of hydrogen-bond acceptors (Lipinski definition) is 6. The number of aliphatic imine (C=N–C) groups is 1. The van der Waals surface area contributed by atoms with Gasteiger partial charge in [0.15, 0.2) is 6.19 Å². The van der Waals surface area contributed by atoms with Gasteiger partial charge in [0.2, 0.25) is 11.9 Å². The van der Waals surface area contributed by atoms with Crippen LogP contribution in [0.1, 0.15) is 25.3 Å². The van der Waals surface area contributed by atoms with Gasteiger partial charge in [0.05, 0.1) is 40.1 Å². The van der Waals surface area contributed by atoms with Gasteiger partial charge in [-0.25, -0.2) is 10.0 Å². The number of guanidine groups is 1. The van der Waals surface area contributed by atoms with E-state index in [0.717, 1.165) is 19.4 Å². The van der Waals surface area contributed by atoms with Gasteiger partial charge in [-0.1, -0.05) is 35.3 Å². The van der Waals surface area contributed by atoms with E-state index in [4.69, 9.17) is 28.3 Å². The van der Waals surface area contributed by atoms with Gasteiger partial charge in [-0.15, -0.1) is 0 Å². The number of nitrogens with one attached hydrogen (secondary N) is 2. The van der Waals surface area contributed by atoms with Crippen LogP contribution in [0.2, 0.25) is 10.0 Å². The summed E-state index contributed by atoms with van der Waals surface area (Å²) in [6.45, 7) is 0.272. The van der Waals surface area contributed by atoms with Crippen LogP contribution in [0, 0.1) is 11.5 Å². The first-order valence-electron chi connectivity index (χ1n) is 11.9. The molecule has 2 aromatic rings. The summed E-state index contributed by atoms with van der Waals surface area (Å²) in [5, 5.41) is 22.0. The predicted molar refractivity (Wildman–Crippen MR) is 141 cm³/mol. The van der Waals surface area contributed by atoms with Crippen molar-refractivity contribution in [1.82, 2.24) is 20.5 Å². The fourth-order valence-corrected chi connectivity index (χ4v) is 4.75. The lowest BCUT2D eigenvalue weighted by Gasteiger charge is -2.31. The summed E-state index contributed by atoms with van der Waals surface area (Å²) in [5.41, 5.74) is 1.45. The van der Waals surface area contributed by atoms with Gasteiger partial charge in [-0.2, -0.15) is 19.1 Å². The van der Waals surface area contributed by atoms with Gasteiger partial charge in [-0.05, 0) is 50.6 Å². The van der Waals surface area contributed by atoms with Gasteiger partial charge in [0, 0.05) is 18.2 Å². The first kappa shape index (κ1) is 27.6. The molecule has 2 aliphatic rings. The van der Waals surface area contributed by atoms with Crippen LogP contribution in [0.4, 0.5) is 14.5 Å². The van der Waals surface area contributed by atoms with E-state index < -0.39 is 12.7 Å². The summed E-state index contributed by atoms with van der Waals surface area (Å²) in [6, 6.07) is 10.1. The molecule has 13 heteroatoms. The number of alkyl halides is 2. The van der Waals surface area contributed by atoms with Gasteiger partial charge in [-0.3, -0.25) is 10.1 Å². The molecule has 1 amide bonds. The Hall–Kier alpha value is -3.46. The summed E-state index contributed by atoms with van der Waals surface area (Å²) in [5.74, 6) is -0.0823. The highest BCUT2D eigenvalue weighted by Crippen LogP contribution is 2.28. The van der Waals surface area contributed by atoms with Gasteiger partial charge >= 0.3 is 6.61 Å². The summed E-state index contributed by atoms with van der Waals surface area (Å²) in [7, 11) is 0. The van der Waals surface area contributed by atoms with Crippen LogP contribution in [0.15, 0.2) is 52.6 Å². The topological polar surface area (TPSA) is 105 Å². The summed E-state index contributed by atoms with van der Waals surface area (Å²) in [4.78, 5) is 19.6. The second-order valence-corrected chi connectivity index (χ2v) is 9.35. The number of likely N-dealkylation sites (N-methyl/N-ethyl adjacent to an activating group) is 1. The van der Waals surface area contributed by atoms with Crippen molar-refractivity contribution in [1.29, 1.82) is 5.26 Å². The number of amides is 1. The van der Waals surface area contributed by atoms with Crippen LogP contribution in [-0.2, 0) is 4.79 Å². The molecule has 2 heterocycles. The van der Waals surface area contributed by atoms with E-state index in [-0.39, 0.29) is 35.9 Å². The SMILES string of the molecule is CCN(C(=O)[C@H]1CCCN1)C1CN(C(=Nc2cccc(OC(F)F)c2)NC#N)N=C1c1ccc(Cl)c(Cl)c1. The van der Waals surface area contributed by atoms with Crippen molar-refractivity contribution in [2.45, 2.75) is 38.5 Å². The fourth-order valence-electron chi connectivity index (χ4n) is 4.45. The monoisotopic (exact) mass is 563 g/mol. The largest absolute Gasteiger partial charge is 0.435 e. The molecule has 38 heavy (non-hydrogen) atoms. The van der Waals surface area contributed by atoms with Crippen molar-refractivity contribution in [3.05, 3.63) is 58.1 Å². The fraction of sp³-hybridized carbons (Fsp3) is 0.360. The molecule has 2 aliphatic heterocycles. The van der Waals surface area contributed by atoms with Crippen LogP contribution >= 0.6 is 23.2 Å². The number of ether oxygens (including phenoxy) is 1. The number of nitriles is 1.